The second-order valence-corrected chi connectivity index (χ2v) is 10.7. The number of hydrogen-bond acceptors (Lipinski definition) is 7. The molecular weight excluding hydrogens is 621 g/mol. The molecule has 4 aromatic rings. The van der Waals surface area contributed by atoms with Gasteiger partial charge < -0.3 is 30.2 Å². The number of thioether (sulfide) groups is 1. The van der Waals surface area contributed by atoms with E-state index >= 15 is 0 Å². The Morgan fingerprint density at radius 1 is 0.800 bits per heavy atom. The molecule has 4 aromatic carbocycles. The summed E-state index contributed by atoms with van der Waals surface area (Å²) in [7, 11) is 4.45. The molecule has 0 spiro atoms. The average Bonchev–Trinajstić information content (AvgIpc) is 3.05. The van der Waals surface area contributed by atoms with Crippen LogP contribution in [0.3, 0.4) is 0 Å². The van der Waals surface area contributed by atoms with Crippen LogP contribution in [0.4, 0.5) is 15.8 Å². The second kappa shape index (κ2) is 15.6. The topological polar surface area (TPSA) is 115 Å². The van der Waals surface area contributed by atoms with Crippen LogP contribution in [0.25, 0.3) is 6.08 Å². The first-order valence-electron chi connectivity index (χ1n) is 13.4. The Morgan fingerprint density at radius 3 is 2.09 bits per heavy atom. The lowest BCUT2D eigenvalue weighted by molar-refractivity contribution is -0.114. The van der Waals surface area contributed by atoms with Crippen molar-refractivity contribution in [2.45, 2.75) is 4.90 Å². The van der Waals surface area contributed by atoms with Crippen LogP contribution in [0.1, 0.15) is 15.9 Å². The van der Waals surface area contributed by atoms with Gasteiger partial charge in [-0.3, -0.25) is 14.4 Å². The van der Waals surface area contributed by atoms with E-state index in [9.17, 15) is 18.8 Å². The Morgan fingerprint density at radius 2 is 1.44 bits per heavy atom. The third kappa shape index (κ3) is 9.01. The predicted molar refractivity (Wildman–Crippen MR) is 174 cm³/mol. The Kier molecular flexibility index (Phi) is 11.4. The maximum Gasteiger partial charge on any atom is 0.272 e. The third-order valence-corrected chi connectivity index (χ3v) is 7.55. The van der Waals surface area contributed by atoms with Crippen molar-refractivity contribution in [2.24, 2.45) is 0 Å². The van der Waals surface area contributed by atoms with Crippen LogP contribution in [0.2, 0.25) is 5.02 Å². The van der Waals surface area contributed by atoms with Crippen molar-refractivity contribution in [1.29, 1.82) is 0 Å². The van der Waals surface area contributed by atoms with Gasteiger partial charge in [0.05, 0.1) is 32.1 Å². The summed E-state index contributed by atoms with van der Waals surface area (Å²) in [4.78, 5) is 39.6. The fourth-order valence-corrected chi connectivity index (χ4v) is 4.90. The molecule has 9 nitrogen and oxygen atoms in total. The van der Waals surface area contributed by atoms with Gasteiger partial charge in [0.1, 0.15) is 17.3 Å². The molecule has 0 fully saturated rings. The van der Waals surface area contributed by atoms with Crippen molar-refractivity contribution < 1.29 is 33.0 Å². The highest BCUT2D eigenvalue weighted by atomic mass is 35.5. The van der Waals surface area contributed by atoms with Gasteiger partial charge in [-0.15, -0.1) is 11.8 Å². The molecule has 0 aromatic heterocycles. The molecule has 0 aliphatic heterocycles. The number of anilines is 2. The lowest BCUT2D eigenvalue weighted by Crippen LogP contribution is -2.30. The van der Waals surface area contributed by atoms with Gasteiger partial charge in [-0.25, -0.2) is 4.39 Å². The Labute approximate surface area is 268 Å². The summed E-state index contributed by atoms with van der Waals surface area (Å²) in [6, 6.07) is 22.5. The molecule has 0 saturated heterocycles. The minimum absolute atomic E-state index is 0.0506. The maximum absolute atomic E-state index is 13.5. The lowest BCUT2D eigenvalue weighted by atomic mass is 10.1. The molecule has 45 heavy (non-hydrogen) atoms. The maximum atomic E-state index is 13.5. The minimum atomic E-state index is -0.589. The van der Waals surface area contributed by atoms with E-state index in [1.54, 1.807) is 66.7 Å². The molecule has 4 rings (SSSR count). The highest BCUT2D eigenvalue weighted by molar-refractivity contribution is 8.00. The number of carbonyl (C=O) groups is 3. The molecule has 0 unspecified atom stereocenters. The molecule has 3 amide bonds. The SMILES string of the molecule is COc1cc(OC)c(OC)cc1/C=C(\NC(=O)c1ccccc1)C(=O)Nc1ccc(SCC(=O)Nc2ccc(F)c(Cl)c2)cc1. The van der Waals surface area contributed by atoms with Crippen molar-refractivity contribution >= 4 is 58.5 Å². The molecule has 0 heterocycles. The molecule has 232 valence electrons. The van der Waals surface area contributed by atoms with Gasteiger partial charge in [0, 0.05) is 33.5 Å². The van der Waals surface area contributed by atoms with Gasteiger partial charge in [-0.2, -0.15) is 0 Å². The summed E-state index contributed by atoms with van der Waals surface area (Å²) in [5.41, 5.74) is 1.61. The molecular formula is C33H29ClFN3O6S. The molecule has 12 heteroatoms. The van der Waals surface area contributed by atoms with Crippen LogP contribution in [0.5, 0.6) is 17.2 Å². The van der Waals surface area contributed by atoms with Crippen LogP contribution < -0.4 is 30.2 Å². The highest BCUT2D eigenvalue weighted by Gasteiger charge is 2.18. The third-order valence-electron chi connectivity index (χ3n) is 6.25. The monoisotopic (exact) mass is 649 g/mol. The van der Waals surface area contributed by atoms with Crippen molar-refractivity contribution in [3.63, 3.8) is 0 Å². The number of rotatable bonds is 12. The summed E-state index contributed by atoms with van der Waals surface area (Å²) in [5, 5.41) is 8.07. The first-order valence-corrected chi connectivity index (χ1v) is 14.7. The zero-order valence-corrected chi connectivity index (χ0v) is 26.1. The van der Waals surface area contributed by atoms with E-state index in [4.69, 9.17) is 25.8 Å². The summed E-state index contributed by atoms with van der Waals surface area (Å²) in [6.07, 6.45) is 1.48. The Balaban J connectivity index is 1.49. The fraction of sp³-hybridized carbons (Fsp3) is 0.121. The molecule has 3 N–H and O–H groups in total. The molecule has 0 atom stereocenters. The number of ether oxygens (including phenoxy) is 3. The second-order valence-electron chi connectivity index (χ2n) is 9.27. The van der Waals surface area contributed by atoms with Crippen LogP contribution in [0.15, 0.2) is 95.5 Å². The first kappa shape index (κ1) is 32.9. The van der Waals surface area contributed by atoms with E-state index in [1.165, 1.54) is 57.4 Å². The van der Waals surface area contributed by atoms with Crippen molar-refractivity contribution in [3.05, 3.63) is 113 Å². The van der Waals surface area contributed by atoms with Crippen LogP contribution in [-0.2, 0) is 9.59 Å². The smallest absolute Gasteiger partial charge is 0.272 e. The normalized spacial score (nSPS) is 10.9. The van der Waals surface area contributed by atoms with Gasteiger partial charge in [-0.05, 0) is 66.7 Å². The minimum Gasteiger partial charge on any atom is -0.496 e. The fourth-order valence-electron chi connectivity index (χ4n) is 4.02. The van der Waals surface area contributed by atoms with E-state index < -0.39 is 17.6 Å². The van der Waals surface area contributed by atoms with Gasteiger partial charge in [0.15, 0.2) is 11.5 Å². The number of hydrogen-bond donors (Lipinski definition) is 3. The van der Waals surface area contributed by atoms with E-state index in [-0.39, 0.29) is 22.4 Å². The molecule has 0 saturated carbocycles. The number of benzene rings is 4. The van der Waals surface area contributed by atoms with E-state index in [0.29, 0.717) is 39.8 Å². The zero-order chi connectivity index (χ0) is 32.3. The number of carbonyl (C=O) groups excluding carboxylic acids is 3. The summed E-state index contributed by atoms with van der Waals surface area (Å²) in [5.74, 6) is -0.625. The van der Waals surface area contributed by atoms with Crippen molar-refractivity contribution in [2.75, 3.05) is 37.7 Å². The van der Waals surface area contributed by atoms with Crippen LogP contribution in [-0.4, -0.2) is 44.8 Å². The predicted octanol–water partition coefficient (Wildman–Crippen LogP) is 6.65. The zero-order valence-electron chi connectivity index (χ0n) is 24.5. The van der Waals surface area contributed by atoms with Crippen molar-refractivity contribution in [1.82, 2.24) is 5.32 Å². The molecule has 0 radical (unpaired) electrons. The number of nitrogens with one attached hydrogen (secondary N) is 3. The quantitative estimate of drug-likeness (QED) is 0.116. The van der Waals surface area contributed by atoms with Crippen LogP contribution in [0, 0.1) is 5.82 Å². The Hall–Kier alpha value is -5.00. The van der Waals surface area contributed by atoms with Crippen LogP contribution >= 0.6 is 23.4 Å². The summed E-state index contributed by atoms with van der Waals surface area (Å²) < 4.78 is 29.6. The Bertz CT molecular complexity index is 1720. The van der Waals surface area contributed by atoms with Gasteiger partial charge in [0.25, 0.3) is 11.8 Å². The highest BCUT2D eigenvalue weighted by Crippen LogP contribution is 2.35. The van der Waals surface area contributed by atoms with E-state index in [1.807, 2.05) is 0 Å². The molecule has 0 aliphatic rings. The standard InChI is InChI=1S/C33H29ClFN3O6S/c1-42-28-18-30(44-3)29(43-2)16-21(28)15-27(38-32(40)20-7-5-4-6-8-20)33(41)37-22-9-12-24(13-10-22)45-19-31(39)36-23-11-14-26(35)25(34)17-23/h4-18H,19H2,1-3H3,(H,36,39)(H,37,41)(H,38,40)/b27-15-. The lowest BCUT2D eigenvalue weighted by Gasteiger charge is -2.15. The summed E-state index contributed by atoms with van der Waals surface area (Å²) in [6.45, 7) is 0. The van der Waals surface area contributed by atoms with E-state index in [2.05, 4.69) is 16.0 Å². The molecule has 0 aliphatic carbocycles. The van der Waals surface area contributed by atoms with Gasteiger partial charge in [0.2, 0.25) is 5.91 Å². The number of halogens is 2. The number of methoxy groups -OCH3 is 3. The van der Waals surface area contributed by atoms with E-state index in [0.717, 1.165) is 4.90 Å². The summed E-state index contributed by atoms with van der Waals surface area (Å²) >= 11 is 7.04. The molecule has 0 bridgehead atoms. The van der Waals surface area contributed by atoms with Crippen molar-refractivity contribution in [3.8, 4) is 17.2 Å². The van der Waals surface area contributed by atoms with Gasteiger partial charge in [-0.1, -0.05) is 29.8 Å². The number of amides is 3. The first-order chi connectivity index (χ1) is 21.7. The van der Waals surface area contributed by atoms with Gasteiger partial charge >= 0.3 is 0 Å². The average molecular weight is 650 g/mol. The largest absolute Gasteiger partial charge is 0.496 e.